The smallest absolute Gasteiger partial charge is 0.257 e. The molecule has 0 N–H and O–H groups in total. The number of fused-ring (bicyclic) bond motifs is 1. The summed E-state index contributed by atoms with van der Waals surface area (Å²) in [4.78, 5) is 32.8. The monoisotopic (exact) mass is 367 g/mol. The van der Waals surface area contributed by atoms with Gasteiger partial charge in [-0.2, -0.15) is 0 Å². The number of halogens is 1. The van der Waals surface area contributed by atoms with E-state index in [9.17, 15) is 14.0 Å². The van der Waals surface area contributed by atoms with E-state index in [1.54, 1.807) is 4.90 Å². The Bertz CT molecular complexity index is 842. The number of hydrogen-bond donors (Lipinski definition) is 0. The van der Waals surface area contributed by atoms with E-state index in [2.05, 4.69) is 4.98 Å². The predicted molar refractivity (Wildman–Crippen MR) is 98.2 cm³/mol. The van der Waals surface area contributed by atoms with Crippen LogP contribution in [0.25, 0.3) is 0 Å². The van der Waals surface area contributed by atoms with Crippen LogP contribution in [-0.2, 0) is 11.3 Å². The Labute approximate surface area is 157 Å². The third-order valence-corrected chi connectivity index (χ3v) is 5.58. The predicted octanol–water partition coefficient (Wildman–Crippen LogP) is 2.87. The lowest BCUT2D eigenvalue weighted by Gasteiger charge is -2.30. The average Bonchev–Trinajstić information content (AvgIpc) is 3.04. The molecule has 2 atom stereocenters. The van der Waals surface area contributed by atoms with Crippen LogP contribution in [-0.4, -0.2) is 45.7 Å². The maximum absolute atomic E-state index is 14.0. The Morgan fingerprint density at radius 2 is 2.00 bits per heavy atom. The van der Waals surface area contributed by atoms with E-state index in [4.69, 9.17) is 0 Å². The van der Waals surface area contributed by atoms with Gasteiger partial charge in [0.25, 0.3) is 5.91 Å². The summed E-state index contributed by atoms with van der Waals surface area (Å²) in [6.45, 7) is 1.56. The standard InChI is InChI=1S/C21H22FN3O2/c22-18-11-23-10-9-17(18)21(27)24-13-16-7-4-8-20(26)25(19(16)14-24)12-15-5-2-1-3-6-15/h1-3,5-6,9-11,16,19H,4,7-8,12-14H2/t16-,19+/m1/s1. The van der Waals surface area contributed by atoms with Crippen LogP contribution in [0.15, 0.2) is 48.8 Å². The number of hydrogen-bond acceptors (Lipinski definition) is 3. The topological polar surface area (TPSA) is 53.5 Å². The SMILES string of the molecule is O=C(c1ccncc1F)N1C[C@H]2CCCC(=O)N(Cc3ccccc3)[C@H]2C1. The second kappa shape index (κ2) is 7.47. The summed E-state index contributed by atoms with van der Waals surface area (Å²) in [6.07, 6.45) is 4.77. The van der Waals surface area contributed by atoms with Gasteiger partial charge in [-0.15, -0.1) is 0 Å². The largest absolute Gasteiger partial charge is 0.336 e. The molecule has 27 heavy (non-hydrogen) atoms. The van der Waals surface area contributed by atoms with Gasteiger partial charge in [-0.25, -0.2) is 4.39 Å². The number of amides is 2. The van der Waals surface area contributed by atoms with Crippen LogP contribution in [0.4, 0.5) is 4.39 Å². The second-order valence-corrected chi connectivity index (χ2v) is 7.29. The molecule has 0 saturated carbocycles. The van der Waals surface area contributed by atoms with Crippen molar-refractivity contribution in [3.05, 3.63) is 65.7 Å². The van der Waals surface area contributed by atoms with E-state index in [0.717, 1.165) is 24.6 Å². The minimum Gasteiger partial charge on any atom is -0.336 e. The molecule has 6 heteroatoms. The van der Waals surface area contributed by atoms with Crippen molar-refractivity contribution in [2.24, 2.45) is 5.92 Å². The molecule has 0 spiro atoms. The van der Waals surface area contributed by atoms with E-state index >= 15 is 0 Å². The molecule has 3 heterocycles. The number of aromatic nitrogens is 1. The second-order valence-electron chi connectivity index (χ2n) is 7.29. The van der Waals surface area contributed by atoms with Crippen LogP contribution in [0.1, 0.15) is 35.2 Å². The lowest BCUT2D eigenvalue weighted by Crippen LogP contribution is -2.43. The fraction of sp³-hybridized carbons (Fsp3) is 0.381. The zero-order chi connectivity index (χ0) is 18.8. The number of carbonyl (C=O) groups excluding carboxylic acids is 2. The van der Waals surface area contributed by atoms with Crippen molar-refractivity contribution >= 4 is 11.8 Å². The summed E-state index contributed by atoms with van der Waals surface area (Å²) in [5.74, 6) is -0.563. The van der Waals surface area contributed by atoms with Gasteiger partial charge in [0.2, 0.25) is 5.91 Å². The first-order valence-electron chi connectivity index (χ1n) is 9.35. The van der Waals surface area contributed by atoms with Gasteiger partial charge in [-0.1, -0.05) is 30.3 Å². The summed E-state index contributed by atoms with van der Waals surface area (Å²) in [7, 11) is 0. The molecule has 0 radical (unpaired) electrons. The van der Waals surface area contributed by atoms with Gasteiger partial charge in [-0.05, 0) is 30.4 Å². The fourth-order valence-electron chi connectivity index (χ4n) is 4.21. The first-order chi connectivity index (χ1) is 13.1. The fourth-order valence-corrected chi connectivity index (χ4v) is 4.21. The van der Waals surface area contributed by atoms with Crippen molar-refractivity contribution in [3.63, 3.8) is 0 Å². The molecule has 2 saturated heterocycles. The Hall–Kier alpha value is -2.76. The highest BCUT2D eigenvalue weighted by molar-refractivity contribution is 5.94. The molecule has 2 fully saturated rings. The van der Waals surface area contributed by atoms with Gasteiger partial charge in [0, 0.05) is 32.3 Å². The third kappa shape index (κ3) is 3.56. The number of pyridine rings is 1. The first-order valence-corrected chi connectivity index (χ1v) is 9.35. The number of carbonyl (C=O) groups is 2. The van der Waals surface area contributed by atoms with Crippen molar-refractivity contribution in [1.29, 1.82) is 0 Å². The van der Waals surface area contributed by atoms with E-state index in [1.165, 1.54) is 12.3 Å². The molecule has 0 unspecified atom stereocenters. The minimum absolute atomic E-state index is 0.0194. The van der Waals surface area contributed by atoms with E-state index < -0.39 is 5.82 Å². The highest BCUT2D eigenvalue weighted by atomic mass is 19.1. The van der Waals surface area contributed by atoms with Crippen LogP contribution in [0, 0.1) is 11.7 Å². The molecular formula is C21H22FN3O2. The zero-order valence-corrected chi connectivity index (χ0v) is 15.1. The molecule has 4 rings (SSSR count). The Morgan fingerprint density at radius 3 is 2.78 bits per heavy atom. The van der Waals surface area contributed by atoms with Crippen molar-refractivity contribution < 1.29 is 14.0 Å². The lowest BCUT2D eigenvalue weighted by atomic mass is 9.98. The van der Waals surface area contributed by atoms with Gasteiger partial charge < -0.3 is 9.80 Å². The maximum atomic E-state index is 14.0. The molecule has 2 aliphatic heterocycles. The maximum Gasteiger partial charge on any atom is 0.257 e. The highest BCUT2D eigenvalue weighted by Gasteiger charge is 2.42. The summed E-state index contributed by atoms with van der Waals surface area (Å²) in [6, 6.07) is 11.3. The Morgan fingerprint density at radius 1 is 1.19 bits per heavy atom. The van der Waals surface area contributed by atoms with E-state index in [1.807, 2.05) is 35.2 Å². The Kier molecular flexibility index (Phi) is 4.88. The normalized spacial score (nSPS) is 22.5. The van der Waals surface area contributed by atoms with Crippen molar-refractivity contribution in [2.45, 2.75) is 31.8 Å². The molecule has 1 aromatic heterocycles. The average molecular weight is 367 g/mol. The van der Waals surface area contributed by atoms with Crippen LogP contribution in [0.2, 0.25) is 0 Å². The minimum atomic E-state index is -0.605. The van der Waals surface area contributed by atoms with Crippen LogP contribution in [0.3, 0.4) is 0 Å². The molecule has 1 aromatic carbocycles. The van der Waals surface area contributed by atoms with E-state index in [0.29, 0.717) is 26.1 Å². The summed E-state index contributed by atoms with van der Waals surface area (Å²) in [5.41, 5.74) is 1.12. The van der Waals surface area contributed by atoms with E-state index in [-0.39, 0.29) is 29.3 Å². The lowest BCUT2D eigenvalue weighted by molar-refractivity contribution is -0.133. The molecule has 2 amide bonds. The quantitative estimate of drug-likeness (QED) is 0.838. The van der Waals surface area contributed by atoms with Crippen molar-refractivity contribution in [1.82, 2.24) is 14.8 Å². The van der Waals surface area contributed by atoms with Gasteiger partial charge in [-0.3, -0.25) is 14.6 Å². The molecule has 2 aliphatic rings. The van der Waals surface area contributed by atoms with Gasteiger partial charge in [0.1, 0.15) is 0 Å². The Balaban J connectivity index is 1.56. The van der Waals surface area contributed by atoms with Crippen LogP contribution < -0.4 is 0 Å². The first kappa shape index (κ1) is 17.6. The summed E-state index contributed by atoms with van der Waals surface area (Å²) >= 11 is 0. The molecule has 140 valence electrons. The van der Waals surface area contributed by atoms with Crippen LogP contribution in [0.5, 0.6) is 0 Å². The van der Waals surface area contributed by atoms with Gasteiger partial charge in [0.15, 0.2) is 5.82 Å². The number of benzene rings is 1. The van der Waals surface area contributed by atoms with Crippen LogP contribution >= 0.6 is 0 Å². The third-order valence-electron chi connectivity index (χ3n) is 5.58. The zero-order valence-electron chi connectivity index (χ0n) is 15.1. The van der Waals surface area contributed by atoms with Gasteiger partial charge in [0.05, 0.1) is 17.8 Å². The van der Waals surface area contributed by atoms with Crippen molar-refractivity contribution in [3.8, 4) is 0 Å². The summed E-state index contributed by atoms with van der Waals surface area (Å²) in [5, 5.41) is 0. The number of rotatable bonds is 3. The number of nitrogens with zero attached hydrogens (tertiary/aromatic N) is 3. The summed E-state index contributed by atoms with van der Waals surface area (Å²) < 4.78 is 14.0. The molecule has 0 aliphatic carbocycles. The molecule has 2 aromatic rings. The molecule has 0 bridgehead atoms. The molecule has 5 nitrogen and oxygen atoms in total. The van der Waals surface area contributed by atoms with Gasteiger partial charge >= 0.3 is 0 Å². The molecular weight excluding hydrogens is 345 g/mol. The highest BCUT2D eigenvalue weighted by Crippen LogP contribution is 2.32. The number of likely N-dealkylation sites (tertiary alicyclic amines) is 2. The van der Waals surface area contributed by atoms with Crippen molar-refractivity contribution in [2.75, 3.05) is 13.1 Å².